The highest BCUT2D eigenvalue weighted by Gasteiger charge is 2.42. The minimum absolute atomic E-state index is 0.0861. The van der Waals surface area contributed by atoms with Crippen molar-refractivity contribution in [3.05, 3.63) is 0 Å². The molecule has 0 aromatic rings. The fourth-order valence-corrected chi connectivity index (χ4v) is 6.28. The average Bonchev–Trinajstić information content (AvgIpc) is 2.98. The average molecular weight is 759 g/mol. The lowest BCUT2D eigenvalue weighted by atomic mass is 9.72. The SMILES string of the molecule is CNCC(O)CC(CCCC(C)(C)C(C)(C)OC(=O)CCCCC(C)(C)C(C)(C)OC(=O)C(CCCC(C)(C)O)CC(CO)NC)C(=O)OC(C)(C)C. The molecular weight excluding hydrogens is 676 g/mol. The van der Waals surface area contributed by atoms with Gasteiger partial charge in [0, 0.05) is 29.8 Å². The van der Waals surface area contributed by atoms with E-state index >= 15 is 0 Å². The van der Waals surface area contributed by atoms with Crippen molar-refractivity contribution in [2.75, 3.05) is 27.2 Å². The van der Waals surface area contributed by atoms with Crippen LogP contribution in [0.2, 0.25) is 0 Å². The Balaban J connectivity index is 5.23. The summed E-state index contributed by atoms with van der Waals surface area (Å²) >= 11 is 0. The van der Waals surface area contributed by atoms with Gasteiger partial charge in [-0.2, -0.15) is 0 Å². The number of ether oxygens (including phenoxy) is 3. The highest BCUT2D eigenvalue weighted by Crippen LogP contribution is 2.41. The first-order chi connectivity index (χ1) is 24.0. The summed E-state index contributed by atoms with van der Waals surface area (Å²) in [5, 5.41) is 36.4. The van der Waals surface area contributed by atoms with E-state index in [1.54, 1.807) is 27.9 Å². The third-order valence-corrected chi connectivity index (χ3v) is 11.4. The summed E-state index contributed by atoms with van der Waals surface area (Å²) in [5.74, 6) is -1.70. The second-order valence-corrected chi connectivity index (χ2v) is 19.3. The van der Waals surface area contributed by atoms with Gasteiger partial charge in [-0.25, -0.2) is 0 Å². The summed E-state index contributed by atoms with van der Waals surface area (Å²) < 4.78 is 17.9. The Kier molecular flexibility index (Phi) is 21.3. The van der Waals surface area contributed by atoms with Gasteiger partial charge in [-0.1, -0.05) is 40.5 Å². The number of carbonyl (C=O) groups is 3. The summed E-state index contributed by atoms with van der Waals surface area (Å²) in [4.78, 5) is 39.6. The summed E-state index contributed by atoms with van der Waals surface area (Å²) in [6.07, 6.45) is 6.26. The number of rotatable bonds is 27. The van der Waals surface area contributed by atoms with E-state index in [4.69, 9.17) is 14.2 Å². The molecule has 0 aliphatic heterocycles. The van der Waals surface area contributed by atoms with Crippen LogP contribution in [-0.2, 0) is 28.6 Å². The monoisotopic (exact) mass is 759 g/mol. The molecule has 0 spiro atoms. The molecular formula is C42H82N2O9. The quantitative estimate of drug-likeness (QED) is 0.0338. The first-order valence-corrected chi connectivity index (χ1v) is 20.0. The maximum absolute atomic E-state index is 13.5. The van der Waals surface area contributed by atoms with Crippen LogP contribution < -0.4 is 10.6 Å². The highest BCUT2D eigenvalue weighted by molar-refractivity contribution is 5.73. The molecule has 4 atom stereocenters. The fourth-order valence-electron chi connectivity index (χ4n) is 6.28. The zero-order chi connectivity index (χ0) is 41.5. The molecule has 0 heterocycles. The molecule has 4 unspecified atom stereocenters. The van der Waals surface area contributed by atoms with Crippen molar-refractivity contribution in [3.8, 4) is 0 Å². The smallest absolute Gasteiger partial charge is 0.309 e. The van der Waals surface area contributed by atoms with Crippen LogP contribution in [0, 0.1) is 22.7 Å². The predicted molar refractivity (Wildman–Crippen MR) is 212 cm³/mol. The zero-order valence-corrected chi connectivity index (χ0v) is 36.5. The third kappa shape index (κ3) is 20.1. The van der Waals surface area contributed by atoms with Crippen LogP contribution in [0.1, 0.15) is 167 Å². The number of nitrogens with one attached hydrogen (secondary N) is 2. The Morgan fingerprint density at radius 2 is 1.11 bits per heavy atom. The molecule has 0 radical (unpaired) electrons. The summed E-state index contributed by atoms with van der Waals surface area (Å²) in [7, 11) is 3.53. The number of likely N-dealkylation sites (N-methyl/N-ethyl adjacent to an activating group) is 2. The summed E-state index contributed by atoms with van der Waals surface area (Å²) in [6.45, 7) is 25.4. The molecule has 11 nitrogen and oxygen atoms in total. The van der Waals surface area contributed by atoms with E-state index in [-0.39, 0.29) is 47.8 Å². The largest absolute Gasteiger partial charge is 0.460 e. The second-order valence-electron chi connectivity index (χ2n) is 19.3. The Morgan fingerprint density at radius 3 is 1.58 bits per heavy atom. The van der Waals surface area contributed by atoms with Crippen molar-refractivity contribution in [3.63, 3.8) is 0 Å². The topological polar surface area (TPSA) is 164 Å². The van der Waals surface area contributed by atoms with Gasteiger partial charge < -0.3 is 40.2 Å². The van der Waals surface area contributed by atoms with Crippen molar-refractivity contribution in [1.82, 2.24) is 10.6 Å². The number of aliphatic hydroxyl groups excluding tert-OH is 2. The van der Waals surface area contributed by atoms with Gasteiger partial charge in [-0.15, -0.1) is 0 Å². The van der Waals surface area contributed by atoms with E-state index in [1.807, 2.05) is 48.5 Å². The zero-order valence-electron chi connectivity index (χ0n) is 36.5. The van der Waals surface area contributed by atoms with Crippen LogP contribution in [0.3, 0.4) is 0 Å². The third-order valence-electron chi connectivity index (χ3n) is 11.4. The second kappa shape index (κ2) is 22.1. The van der Waals surface area contributed by atoms with Gasteiger partial charge >= 0.3 is 17.9 Å². The Morgan fingerprint density at radius 1 is 0.642 bits per heavy atom. The Bertz CT molecular complexity index is 1090. The normalized spacial score (nSPS) is 15.7. The van der Waals surface area contributed by atoms with E-state index in [0.29, 0.717) is 64.3 Å². The highest BCUT2D eigenvalue weighted by atomic mass is 16.6. The number of hydrogen-bond acceptors (Lipinski definition) is 11. The standard InChI is InChI=1S/C42H82N2O9/c1-37(2,3)52-35(48)31(27-33(46)28-43-14)20-18-24-39(6,7)41(10,11)51-34(47)22-16-17-23-38(4,5)42(12,13)53-36(49)30(26-32(29-45)44-15)21-19-25-40(8,9)50/h30-33,43-46,50H,16-29H2,1-15H3. The minimum atomic E-state index is -0.820. The first-order valence-electron chi connectivity index (χ1n) is 20.0. The number of aliphatic hydroxyl groups is 3. The number of unbranched alkanes of at least 4 members (excludes halogenated alkanes) is 1. The summed E-state index contributed by atoms with van der Waals surface area (Å²) in [6, 6.07) is -0.231. The molecule has 0 saturated carbocycles. The molecule has 0 bridgehead atoms. The molecule has 314 valence electrons. The fraction of sp³-hybridized carbons (Fsp3) is 0.929. The van der Waals surface area contributed by atoms with Crippen LogP contribution in [0.25, 0.3) is 0 Å². The number of hydrogen-bond donors (Lipinski definition) is 5. The Labute approximate surface area is 323 Å². The van der Waals surface area contributed by atoms with E-state index in [1.165, 1.54) is 0 Å². The minimum Gasteiger partial charge on any atom is -0.460 e. The molecule has 0 saturated heterocycles. The van der Waals surface area contributed by atoms with E-state index in [0.717, 1.165) is 12.8 Å². The molecule has 0 aliphatic rings. The van der Waals surface area contributed by atoms with Crippen molar-refractivity contribution >= 4 is 17.9 Å². The lowest BCUT2D eigenvalue weighted by molar-refractivity contribution is -0.175. The van der Waals surface area contributed by atoms with Gasteiger partial charge in [0.2, 0.25) is 0 Å². The number of esters is 3. The van der Waals surface area contributed by atoms with Crippen LogP contribution in [0.5, 0.6) is 0 Å². The van der Waals surface area contributed by atoms with E-state index in [9.17, 15) is 29.7 Å². The molecule has 0 amide bonds. The van der Waals surface area contributed by atoms with Gasteiger partial charge in [-0.05, 0) is 134 Å². The molecule has 0 rings (SSSR count). The van der Waals surface area contributed by atoms with Gasteiger partial charge in [0.05, 0.1) is 30.1 Å². The lowest BCUT2D eigenvalue weighted by Crippen LogP contribution is -2.45. The van der Waals surface area contributed by atoms with Gasteiger partial charge in [0.15, 0.2) is 0 Å². The van der Waals surface area contributed by atoms with E-state index < -0.39 is 40.3 Å². The van der Waals surface area contributed by atoms with Gasteiger partial charge in [0.1, 0.15) is 16.8 Å². The molecule has 0 fully saturated rings. The lowest BCUT2D eigenvalue weighted by Gasteiger charge is -2.42. The molecule has 53 heavy (non-hydrogen) atoms. The molecule has 11 heteroatoms. The van der Waals surface area contributed by atoms with Crippen molar-refractivity contribution < 1.29 is 43.9 Å². The van der Waals surface area contributed by atoms with Crippen LogP contribution in [0.4, 0.5) is 0 Å². The van der Waals surface area contributed by atoms with Crippen molar-refractivity contribution in [2.24, 2.45) is 22.7 Å². The maximum Gasteiger partial charge on any atom is 0.309 e. The predicted octanol–water partition coefficient (Wildman–Crippen LogP) is 6.87. The van der Waals surface area contributed by atoms with Crippen molar-refractivity contribution in [2.45, 2.75) is 202 Å². The number of carbonyl (C=O) groups excluding carboxylic acids is 3. The van der Waals surface area contributed by atoms with Gasteiger partial charge in [0.25, 0.3) is 0 Å². The molecule has 0 aromatic heterocycles. The Hall–Kier alpha value is -1.79. The molecule has 0 aliphatic carbocycles. The first kappa shape index (κ1) is 51.2. The molecule has 0 aromatic carbocycles. The van der Waals surface area contributed by atoms with Crippen molar-refractivity contribution in [1.29, 1.82) is 0 Å². The van der Waals surface area contributed by atoms with Crippen LogP contribution in [0.15, 0.2) is 0 Å². The summed E-state index contributed by atoms with van der Waals surface area (Å²) in [5.41, 5.74) is -3.73. The van der Waals surface area contributed by atoms with Crippen LogP contribution in [-0.4, -0.2) is 95.0 Å². The maximum atomic E-state index is 13.5. The van der Waals surface area contributed by atoms with Gasteiger partial charge in [-0.3, -0.25) is 14.4 Å². The van der Waals surface area contributed by atoms with E-state index in [2.05, 4.69) is 38.3 Å². The van der Waals surface area contributed by atoms with Crippen LogP contribution >= 0.6 is 0 Å². The molecule has 5 N–H and O–H groups in total.